The Morgan fingerprint density at radius 1 is 0.880 bits per heavy atom. The number of para-hydroxylation sites is 1. The lowest BCUT2D eigenvalue weighted by Crippen LogP contribution is -2.40. The van der Waals surface area contributed by atoms with E-state index in [0.717, 1.165) is 0 Å². The maximum absolute atomic E-state index is 13.4. The van der Waals surface area contributed by atoms with E-state index in [-0.39, 0.29) is 5.78 Å². The normalized spacial score (nSPS) is 11.2. The molecule has 2 aromatic rings. The van der Waals surface area contributed by atoms with Gasteiger partial charge in [-0.3, -0.25) is 4.79 Å². The first-order valence-corrected chi connectivity index (χ1v) is 8.23. The second kappa shape index (κ2) is 8.65. The number of rotatable bonds is 9. The Morgan fingerprint density at radius 2 is 1.52 bits per heavy atom. The van der Waals surface area contributed by atoms with E-state index in [0.29, 0.717) is 35.8 Å². The number of hydrogen-bond donors (Lipinski definition) is 0. The highest BCUT2D eigenvalue weighted by Crippen LogP contribution is 2.38. The fraction of sp³-hybridized carbons (Fsp3) is 0.350. The third-order valence-corrected chi connectivity index (χ3v) is 3.84. The number of ketones is 1. The van der Waals surface area contributed by atoms with Crippen LogP contribution in [0.2, 0.25) is 0 Å². The number of carbonyl (C=O) groups is 1. The zero-order chi connectivity index (χ0) is 18.3. The smallest absolute Gasteiger partial charge is 0.260 e. The third-order valence-electron chi connectivity index (χ3n) is 3.84. The van der Waals surface area contributed by atoms with Gasteiger partial charge >= 0.3 is 0 Å². The van der Waals surface area contributed by atoms with Crippen molar-refractivity contribution in [2.75, 3.05) is 27.4 Å². The van der Waals surface area contributed by atoms with Gasteiger partial charge in [0.1, 0.15) is 0 Å². The van der Waals surface area contributed by atoms with Crippen molar-refractivity contribution < 1.29 is 23.7 Å². The lowest BCUT2D eigenvalue weighted by Gasteiger charge is -2.30. The first-order chi connectivity index (χ1) is 12.1. The Balaban J connectivity index is 2.59. The molecule has 0 saturated carbocycles. The molecule has 2 aromatic carbocycles. The van der Waals surface area contributed by atoms with Crippen LogP contribution in [0.25, 0.3) is 0 Å². The summed E-state index contributed by atoms with van der Waals surface area (Å²) in [4.78, 5) is 13.4. The zero-order valence-corrected chi connectivity index (χ0v) is 15.1. The summed E-state index contributed by atoms with van der Waals surface area (Å²) in [6.45, 7) is 4.61. The van der Waals surface area contributed by atoms with Crippen LogP contribution in [0.1, 0.15) is 29.8 Å². The highest BCUT2D eigenvalue weighted by molar-refractivity contribution is 6.04. The van der Waals surface area contributed by atoms with Gasteiger partial charge in [0, 0.05) is 19.8 Å². The number of Topliss-reactive ketones (excluding diaryl/α,β-unsaturated/α-hetero) is 1. The van der Waals surface area contributed by atoms with Gasteiger partial charge < -0.3 is 18.9 Å². The van der Waals surface area contributed by atoms with E-state index >= 15 is 0 Å². The van der Waals surface area contributed by atoms with Gasteiger partial charge in [0.05, 0.1) is 18.8 Å². The molecule has 0 aliphatic rings. The van der Waals surface area contributed by atoms with Crippen LogP contribution in [0.4, 0.5) is 0 Å². The van der Waals surface area contributed by atoms with Crippen molar-refractivity contribution in [1.82, 2.24) is 0 Å². The van der Waals surface area contributed by atoms with E-state index in [9.17, 15) is 4.79 Å². The van der Waals surface area contributed by atoms with E-state index in [1.54, 1.807) is 30.3 Å². The van der Waals surface area contributed by atoms with Gasteiger partial charge in [0.2, 0.25) is 5.78 Å². The van der Waals surface area contributed by atoms with Crippen LogP contribution in [-0.2, 0) is 15.3 Å². The molecule has 0 radical (unpaired) electrons. The number of methoxy groups -OCH3 is 2. The van der Waals surface area contributed by atoms with Gasteiger partial charge in [0.15, 0.2) is 11.5 Å². The molecule has 0 aliphatic carbocycles. The van der Waals surface area contributed by atoms with Gasteiger partial charge in [-0.05, 0) is 26.0 Å². The summed E-state index contributed by atoms with van der Waals surface area (Å²) in [5.74, 6) is -0.998. The van der Waals surface area contributed by atoms with Crippen LogP contribution in [0.15, 0.2) is 48.5 Å². The summed E-state index contributed by atoms with van der Waals surface area (Å²) in [7, 11) is 2.89. The van der Waals surface area contributed by atoms with Gasteiger partial charge in [-0.15, -0.1) is 0 Å². The largest absolute Gasteiger partial charge is 0.490 e. The van der Waals surface area contributed by atoms with Crippen molar-refractivity contribution in [3.05, 3.63) is 59.7 Å². The van der Waals surface area contributed by atoms with Gasteiger partial charge in [-0.25, -0.2) is 0 Å². The molecule has 2 rings (SSSR count). The van der Waals surface area contributed by atoms with Crippen LogP contribution in [0.5, 0.6) is 11.5 Å². The quantitative estimate of drug-likeness (QED) is 0.511. The first kappa shape index (κ1) is 19.0. The molecular formula is C20H24O5. The number of hydrogen-bond acceptors (Lipinski definition) is 5. The van der Waals surface area contributed by atoms with E-state index in [4.69, 9.17) is 18.9 Å². The van der Waals surface area contributed by atoms with Crippen molar-refractivity contribution in [1.29, 1.82) is 0 Å². The molecule has 134 valence electrons. The highest BCUT2D eigenvalue weighted by atomic mass is 16.7. The SMILES string of the molecule is CCOc1cccc(C(=O)C(OC)(OC)c2ccccc2)c1OCC. The van der Waals surface area contributed by atoms with Gasteiger partial charge in [0.25, 0.3) is 5.79 Å². The molecule has 0 heterocycles. The van der Waals surface area contributed by atoms with Crippen LogP contribution in [0.3, 0.4) is 0 Å². The summed E-state index contributed by atoms with van der Waals surface area (Å²) >= 11 is 0. The van der Waals surface area contributed by atoms with Crippen LogP contribution >= 0.6 is 0 Å². The predicted octanol–water partition coefficient (Wildman–Crippen LogP) is 3.81. The van der Waals surface area contributed by atoms with Crippen LogP contribution < -0.4 is 9.47 Å². The van der Waals surface area contributed by atoms with E-state index in [1.165, 1.54) is 14.2 Å². The van der Waals surface area contributed by atoms with Gasteiger partial charge in [-0.2, -0.15) is 0 Å². The van der Waals surface area contributed by atoms with Crippen molar-refractivity contribution in [3.63, 3.8) is 0 Å². The number of carbonyl (C=O) groups excluding carboxylic acids is 1. The summed E-state index contributed by atoms with van der Waals surface area (Å²) in [6.07, 6.45) is 0. The monoisotopic (exact) mass is 344 g/mol. The molecule has 0 fully saturated rings. The third kappa shape index (κ3) is 3.67. The van der Waals surface area contributed by atoms with Crippen molar-refractivity contribution in [3.8, 4) is 11.5 Å². The summed E-state index contributed by atoms with van der Waals surface area (Å²) in [5.41, 5.74) is 0.953. The first-order valence-electron chi connectivity index (χ1n) is 8.23. The molecule has 0 aliphatic heterocycles. The number of benzene rings is 2. The molecule has 0 unspecified atom stereocenters. The Labute approximate surface area is 148 Å². The summed E-state index contributed by atoms with van der Waals surface area (Å²) in [6, 6.07) is 14.3. The maximum Gasteiger partial charge on any atom is 0.260 e. The zero-order valence-electron chi connectivity index (χ0n) is 15.1. The standard InChI is InChI=1S/C20H24O5/c1-5-24-17-14-10-13-16(18(17)25-6-2)19(21)20(22-3,23-4)15-11-8-7-9-12-15/h7-14H,5-6H2,1-4H3. The second-order valence-corrected chi connectivity index (χ2v) is 5.22. The molecule has 5 nitrogen and oxygen atoms in total. The van der Waals surface area contributed by atoms with Crippen molar-refractivity contribution in [2.24, 2.45) is 0 Å². The van der Waals surface area contributed by atoms with E-state index < -0.39 is 5.79 Å². The fourth-order valence-electron chi connectivity index (χ4n) is 2.73. The van der Waals surface area contributed by atoms with E-state index in [1.807, 2.05) is 32.0 Å². The number of ether oxygens (including phenoxy) is 4. The Hall–Kier alpha value is -2.37. The van der Waals surface area contributed by atoms with Crippen molar-refractivity contribution >= 4 is 5.78 Å². The summed E-state index contributed by atoms with van der Waals surface area (Å²) < 4.78 is 22.4. The Morgan fingerprint density at radius 3 is 2.08 bits per heavy atom. The lowest BCUT2D eigenvalue weighted by molar-refractivity contribution is -0.176. The highest BCUT2D eigenvalue weighted by Gasteiger charge is 2.43. The average Bonchev–Trinajstić information content (AvgIpc) is 2.66. The van der Waals surface area contributed by atoms with Crippen LogP contribution in [-0.4, -0.2) is 33.2 Å². The fourth-order valence-corrected chi connectivity index (χ4v) is 2.73. The topological polar surface area (TPSA) is 54.0 Å². The molecule has 25 heavy (non-hydrogen) atoms. The Bertz CT molecular complexity index is 692. The molecule has 0 atom stereocenters. The lowest BCUT2D eigenvalue weighted by atomic mass is 9.95. The van der Waals surface area contributed by atoms with Crippen molar-refractivity contribution in [2.45, 2.75) is 19.6 Å². The predicted molar refractivity (Wildman–Crippen MR) is 95.2 cm³/mol. The minimum absolute atomic E-state index is 0.348. The molecule has 0 saturated heterocycles. The molecule has 0 N–H and O–H groups in total. The average molecular weight is 344 g/mol. The van der Waals surface area contributed by atoms with E-state index in [2.05, 4.69) is 0 Å². The van der Waals surface area contributed by atoms with Gasteiger partial charge in [-0.1, -0.05) is 36.4 Å². The molecule has 0 bridgehead atoms. The Kier molecular flexibility index (Phi) is 6.56. The second-order valence-electron chi connectivity index (χ2n) is 5.22. The molecule has 0 amide bonds. The summed E-state index contributed by atoms with van der Waals surface area (Å²) in [5, 5.41) is 0. The maximum atomic E-state index is 13.4. The minimum Gasteiger partial charge on any atom is -0.490 e. The minimum atomic E-state index is -1.56. The molecule has 5 heteroatoms. The molecular weight excluding hydrogens is 320 g/mol. The molecule has 0 aromatic heterocycles. The van der Waals surface area contributed by atoms with Crippen LogP contribution in [0, 0.1) is 0 Å². The molecule has 0 spiro atoms.